The van der Waals surface area contributed by atoms with Crippen LogP contribution in [0.3, 0.4) is 0 Å². The summed E-state index contributed by atoms with van der Waals surface area (Å²) in [5.41, 5.74) is 2.27. The van der Waals surface area contributed by atoms with E-state index in [-0.39, 0.29) is 0 Å². The first-order chi connectivity index (χ1) is 10.3. The number of anilines is 1. The molecule has 1 aromatic heterocycles. The van der Waals surface area contributed by atoms with E-state index in [9.17, 15) is 0 Å². The van der Waals surface area contributed by atoms with Gasteiger partial charge in [0.1, 0.15) is 5.82 Å². The third-order valence-corrected chi connectivity index (χ3v) is 4.90. The van der Waals surface area contributed by atoms with E-state index in [1.807, 2.05) is 0 Å². The fraction of sp³-hybridized carbons (Fsp3) is 0.500. The Kier molecular flexibility index (Phi) is 3.50. The number of hydrogen-bond acceptors (Lipinski definition) is 2. The normalized spacial score (nSPS) is 18.1. The predicted octanol–water partition coefficient (Wildman–Crippen LogP) is 4.60. The monoisotopic (exact) mass is 300 g/mol. The van der Waals surface area contributed by atoms with Gasteiger partial charge in [0.15, 0.2) is 0 Å². The maximum absolute atomic E-state index is 6.17. The molecule has 110 valence electrons. The molecule has 4 rings (SSSR count). The van der Waals surface area contributed by atoms with Crippen LogP contribution in [0.25, 0.3) is 10.9 Å². The highest BCUT2D eigenvalue weighted by atomic mass is 35.5. The second-order valence-electron chi connectivity index (χ2n) is 6.58. The van der Waals surface area contributed by atoms with Gasteiger partial charge in [-0.05, 0) is 55.2 Å². The first kappa shape index (κ1) is 13.4. The number of nitrogens with zero attached hydrogens (tertiary/aromatic N) is 2. The Bertz CT molecular complexity index is 633. The van der Waals surface area contributed by atoms with Crippen LogP contribution in [-0.2, 0) is 5.88 Å². The lowest BCUT2D eigenvalue weighted by Gasteiger charge is -2.24. The van der Waals surface area contributed by atoms with E-state index in [2.05, 4.69) is 35.2 Å². The zero-order chi connectivity index (χ0) is 14.2. The van der Waals surface area contributed by atoms with Crippen molar-refractivity contribution in [2.75, 3.05) is 18.0 Å². The van der Waals surface area contributed by atoms with E-state index in [0.717, 1.165) is 23.2 Å². The van der Waals surface area contributed by atoms with Gasteiger partial charge in [-0.25, -0.2) is 4.98 Å². The number of hydrogen-bond donors (Lipinski definition) is 0. The van der Waals surface area contributed by atoms with Crippen molar-refractivity contribution < 1.29 is 0 Å². The number of pyridine rings is 1. The van der Waals surface area contributed by atoms with Gasteiger partial charge < -0.3 is 4.90 Å². The Morgan fingerprint density at radius 1 is 1.05 bits per heavy atom. The fourth-order valence-corrected chi connectivity index (χ4v) is 3.21. The number of rotatable bonds is 6. The quantitative estimate of drug-likeness (QED) is 0.725. The summed E-state index contributed by atoms with van der Waals surface area (Å²) in [5, 5.41) is 1.19. The lowest BCUT2D eigenvalue weighted by atomic mass is 10.1. The van der Waals surface area contributed by atoms with Crippen LogP contribution in [0.2, 0.25) is 0 Å². The molecule has 0 bridgehead atoms. The van der Waals surface area contributed by atoms with E-state index >= 15 is 0 Å². The lowest BCUT2D eigenvalue weighted by molar-refractivity contribution is 0.672. The third kappa shape index (κ3) is 3.01. The van der Waals surface area contributed by atoms with Gasteiger partial charge in [0.2, 0.25) is 0 Å². The fourth-order valence-electron chi connectivity index (χ4n) is 2.99. The molecule has 21 heavy (non-hydrogen) atoms. The molecule has 0 aliphatic heterocycles. The lowest BCUT2D eigenvalue weighted by Crippen LogP contribution is -2.29. The molecule has 0 atom stereocenters. The summed E-state index contributed by atoms with van der Waals surface area (Å²) >= 11 is 6.17. The average molecular weight is 301 g/mol. The van der Waals surface area contributed by atoms with Crippen molar-refractivity contribution in [2.45, 2.75) is 31.6 Å². The first-order valence-electron chi connectivity index (χ1n) is 8.03. The minimum atomic E-state index is 0.552. The second-order valence-corrected chi connectivity index (χ2v) is 6.85. The molecule has 0 radical (unpaired) electrons. The molecule has 2 saturated carbocycles. The molecule has 0 amide bonds. The zero-order valence-electron chi connectivity index (χ0n) is 12.3. The molecule has 0 N–H and O–H groups in total. The van der Waals surface area contributed by atoms with E-state index in [1.54, 1.807) is 0 Å². The van der Waals surface area contributed by atoms with Gasteiger partial charge >= 0.3 is 0 Å². The topological polar surface area (TPSA) is 16.1 Å². The SMILES string of the molecule is ClCc1cc(N(CC2CC2)CC2CC2)nc2ccccc12. The summed E-state index contributed by atoms with van der Waals surface area (Å²) in [6.45, 7) is 2.34. The molecule has 3 heteroatoms. The van der Waals surface area contributed by atoms with Crippen LogP contribution in [0.4, 0.5) is 5.82 Å². The first-order valence-corrected chi connectivity index (χ1v) is 8.56. The maximum atomic E-state index is 6.17. The van der Waals surface area contributed by atoms with Crippen molar-refractivity contribution in [3.05, 3.63) is 35.9 Å². The summed E-state index contributed by atoms with van der Waals surface area (Å²) < 4.78 is 0. The highest BCUT2D eigenvalue weighted by Gasteiger charge is 2.30. The second kappa shape index (κ2) is 5.49. The van der Waals surface area contributed by atoms with Crippen LogP contribution >= 0.6 is 11.6 Å². The van der Waals surface area contributed by atoms with E-state index in [0.29, 0.717) is 5.88 Å². The number of alkyl halides is 1. The maximum Gasteiger partial charge on any atom is 0.129 e. The minimum Gasteiger partial charge on any atom is -0.356 e. The van der Waals surface area contributed by atoms with E-state index < -0.39 is 0 Å². The largest absolute Gasteiger partial charge is 0.356 e. The third-order valence-electron chi connectivity index (χ3n) is 4.61. The highest BCUT2D eigenvalue weighted by molar-refractivity contribution is 6.18. The summed E-state index contributed by atoms with van der Waals surface area (Å²) in [5.74, 6) is 3.45. The van der Waals surface area contributed by atoms with Gasteiger partial charge in [-0.2, -0.15) is 0 Å². The van der Waals surface area contributed by atoms with Crippen molar-refractivity contribution in [1.82, 2.24) is 4.98 Å². The van der Waals surface area contributed by atoms with Crippen LogP contribution in [-0.4, -0.2) is 18.1 Å². The molecular formula is C18H21ClN2. The number of fused-ring (bicyclic) bond motifs is 1. The molecule has 2 aliphatic carbocycles. The number of para-hydroxylation sites is 1. The predicted molar refractivity (Wildman–Crippen MR) is 89.0 cm³/mol. The zero-order valence-corrected chi connectivity index (χ0v) is 13.0. The van der Waals surface area contributed by atoms with Crippen molar-refractivity contribution in [2.24, 2.45) is 11.8 Å². The summed E-state index contributed by atoms with van der Waals surface area (Å²) in [6, 6.07) is 10.5. The minimum absolute atomic E-state index is 0.552. The van der Waals surface area contributed by atoms with E-state index in [1.165, 1.54) is 49.7 Å². The highest BCUT2D eigenvalue weighted by Crippen LogP contribution is 2.36. The molecule has 2 fully saturated rings. The van der Waals surface area contributed by atoms with Crippen LogP contribution < -0.4 is 4.90 Å². The Morgan fingerprint density at radius 3 is 2.33 bits per heavy atom. The standard InChI is InChI=1S/C18H21ClN2/c19-10-15-9-18(20-17-4-2-1-3-16(15)17)21(11-13-5-6-13)12-14-7-8-14/h1-4,9,13-14H,5-8,10-12H2. The average Bonchev–Trinajstić information content (AvgIpc) is 3.41. The Labute approximate surface area is 131 Å². The number of benzene rings is 1. The molecule has 1 aromatic carbocycles. The molecule has 0 saturated heterocycles. The number of halogens is 1. The van der Waals surface area contributed by atoms with E-state index in [4.69, 9.17) is 16.6 Å². The summed E-state index contributed by atoms with van der Waals surface area (Å²) in [7, 11) is 0. The van der Waals surface area contributed by atoms with Crippen molar-refractivity contribution >= 4 is 28.3 Å². The van der Waals surface area contributed by atoms with Crippen molar-refractivity contribution in [1.29, 1.82) is 0 Å². The van der Waals surface area contributed by atoms with Crippen LogP contribution in [0.15, 0.2) is 30.3 Å². The molecule has 0 unspecified atom stereocenters. The van der Waals surface area contributed by atoms with Gasteiger partial charge in [-0.15, -0.1) is 11.6 Å². The van der Waals surface area contributed by atoms with Gasteiger partial charge in [0, 0.05) is 24.4 Å². The van der Waals surface area contributed by atoms with Gasteiger partial charge in [-0.3, -0.25) is 0 Å². The van der Waals surface area contributed by atoms with Crippen LogP contribution in [0.1, 0.15) is 31.2 Å². The molecule has 2 aromatic rings. The molecule has 2 aliphatic rings. The van der Waals surface area contributed by atoms with Gasteiger partial charge in [0.05, 0.1) is 5.52 Å². The Hall–Kier alpha value is -1.28. The van der Waals surface area contributed by atoms with Crippen LogP contribution in [0.5, 0.6) is 0 Å². The molecule has 1 heterocycles. The van der Waals surface area contributed by atoms with Crippen molar-refractivity contribution in [3.8, 4) is 0 Å². The Morgan fingerprint density at radius 2 is 1.71 bits per heavy atom. The van der Waals surface area contributed by atoms with Crippen LogP contribution in [0, 0.1) is 11.8 Å². The smallest absolute Gasteiger partial charge is 0.129 e. The molecule has 2 nitrogen and oxygen atoms in total. The summed E-state index contributed by atoms with van der Waals surface area (Å²) in [6.07, 6.45) is 5.54. The molecule has 0 spiro atoms. The van der Waals surface area contributed by atoms with Gasteiger partial charge in [-0.1, -0.05) is 18.2 Å². The Balaban J connectivity index is 1.71. The number of aromatic nitrogens is 1. The summed E-state index contributed by atoms with van der Waals surface area (Å²) in [4.78, 5) is 7.42. The van der Waals surface area contributed by atoms with Crippen molar-refractivity contribution in [3.63, 3.8) is 0 Å². The van der Waals surface area contributed by atoms with Gasteiger partial charge in [0.25, 0.3) is 0 Å². The molecular weight excluding hydrogens is 280 g/mol.